The summed E-state index contributed by atoms with van der Waals surface area (Å²) in [6, 6.07) is 12.0. The van der Waals surface area contributed by atoms with E-state index in [4.69, 9.17) is 0 Å². The fourth-order valence-corrected chi connectivity index (χ4v) is 3.02. The molecule has 1 fully saturated rings. The van der Waals surface area contributed by atoms with Crippen molar-refractivity contribution in [2.45, 2.75) is 0 Å². The number of nitrogens with one attached hydrogen (secondary N) is 1. The van der Waals surface area contributed by atoms with Crippen LogP contribution in [0.2, 0.25) is 0 Å². The van der Waals surface area contributed by atoms with Gasteiger partial charge < -0.3 is 10.4 Å². The number of thioether (sulfide) groups is 1. The Morgan fingerprint density at radius 1 is 1.19 bits per heavy atom. The van der Waals surface area contributed by atoms with Crippen LogP contribution in [0.3, 0.4) is 0 Å². The van der Waals surface area contributed by atoms with Gasteiger partial charge in [0.05, 0.1) is 21.1 Å². The molecule has 0 aliphatic carbocycles. The number of aromatic carboxylic acids is 1. The third-order valence-corrected chi connectivity index (χ3v) is 4.32. The number of carboxylic acids is 1. The molecular formula is C17H11N3O5S. The first kappa shape index (κ1) is 17.4. The standard InChI is InChI=1S/C17H11N3O5S/c21-15-14(9-10-5-7-11(8-6-10)20(24)25)26-17(19-15)18-13-4-2-1-3-12(13)16(22)23/h1-9H,(H,22,23)(H,18,19,21)/b14-9-. The van der Waals surface area contributed by atoms with Crippen LogP contribution in [-0.2, 0) is 4.79 Å². The SMILES string of the molecule is O=C1NC(=Nc2ccccc2C(=O)O)S/C1=C\c1ccc([N+](=O)[O-])cc1. The summed E-state index contributed by atoms with van der Waals surface area (Å²) in [7, 11) is 0. The third-order valence-electron chi connectivity index (χ3n) is 3.41. The lowest BCUT2D eigenvalue weighted by Crippen LogP contribution is -2.19. The third kappa shape index (κ3) is 3.78. The molecule has 130 valence electrons. The van der Waals surface area contributed by atoms with Crippen LogP contribution in [0.15, 0.2) is 58.4 Å². The number of benzene rings is 2. The molecule has 0 aromatic heterocycles. The van der Waals surface area contributed by atoms with Crippen molar-refractivity contribution in [2.75, 3.05) is 0 Å². The van der Waals surface area contributed by atoms with Gasteiger partial charge in [0.25, 0.3) is 11.6 Å². The van der Waals surface area contributed by atoms with Crippen LogP contribution in [0.25, 0.3) is 6.08 Å². The second kappa shape index (κ2) is 7.19. The monoisotopic (exact) mass is 369 g/mol. The number of amides is 1. The van der Waals surface area contributed by atoms with Crippen molar-refractivity contribution in [3.8, 4) is 0 Å². The molecule has 1 aliphatic heterocycles. The van der Waals surface area contributed by atoms with Crippen LogP contribution in [0.1, 0.15) is 15.9 Å². The molecule has 2 N–H and O–H groups in total. The number of carbonyl (C=O) groups is 2. The average molecular weight is 369 g/mol. The fraction of sp³-hybridized carbons (Fsp3) is 0. The predicted molar refractivity (Wildman–Crippen MR) is 97.3 cm³/mol. The van der Waals surface area contributed by atoms with Crippen LogP contribution in [-0.4, -0.2) is 27.1 Å². The van der Waals surface area contributed by atoms with E-state index in [1.165, 1.54) is 30.3 Å². The number of para-hydroxylation sites is 1. The number of rotatable bonds is 4. The molecular weight excluding hydrogens is 358 g/mol. The van der Waals surface area contributed by atoms with Crippen LogP contribution in [0, 0.1) is 10.1 Å². The summed E-state index contributed by atoms with van der Waals surface area (Å²) in [4.78, 5) is 38.0. The van der Waals surface area contributed by atoms with E-state index in [2.05, 4.69) is 10.3 Å². The summed E-state index contributed by atoms with van der Waals surface area (Å²) in [6.45, 7) is 0. The fourth-order valence-electron chi connectivity index (χ4n) is 2.19. The molecule has 2 aromatic rings. The van der Waals surface area contributed by atoms with Crippen molar-refractivity contribution in [3.63, 3.8) is 0 Å². The van der Waals surface area contributed by atoms with E-state index in [1.54, 1.807) is 24.3 Å². The minimum absolute atomic E-state index is 0.0302. The van der Waals surface area contributed by atoms with E-state index < -0.39 is 10.9 Å². The van der Waals surface area contributed by atoms with Crippen molar-refractivity contribution >= 4 is 46.3 Å². The molecule has 0 radical (unpaired) electrons. The van der Waals surface area contributed by atoms with Crippen LogP contribution in [0.4, 0.5) is 11.4 Å². The molecule has 2 aromatic carbocycles. The van der Waals surface area contributed by atoms with E-state index >= 15 is 0 Å². The van der Waals surface area contributed by atoms with Crippen molar-refractivity contribution in [2.24, 2.45) is 4.99 Å². The highest BCUT2D eigenvalue weighted by molar-refractivity contribution is 8.18. The topological polar surface area (TPSA) is 122 Å². The largest absolute Gasteiger partial charge is 0.478 e. The van der Waals surface area contributed by atoms with Crippen LogP contribution in [0.5, 0.6) is 0 Å². The van der Waals surface area contributed by atoms with Gasteiger partial charge in [-0.1, -0.05) is 12.1 Å². The molecule has 1 saturated heterocycles. The Morgan fingerprint density at radius 2 is 1.88 bits per heavy atom. The summed E-state index contributed by atoms with van der Waals surface area (Å²) in [5, 5.41) is 22.7. The smallest absolute Gasteiger partial charge is 0.337 e. The summed E-state index contributed by atoms with van der Waals surface area (Å²) < 4.78 is 0. The molecule has 0 spiro atoms. The van der Waals surface area contributed by atoms with Gasteiger partial charge in [-0.2, -0.15) is 0 Å². The molecule has 9 heteroatoms. The average Bonchev–Trinajstić information content (AvgIpc) is 2.95. The van der Waals surface area contributed by atoms with Crippen LogP contribution < -0.4 is 5.32 Å². The van der Waals surface area contributed by atoms with E-state index in [-0.39, 0.29) is 28.0 Å². The molecule has 0 atom stereocenters. The van der Waals surface area contributed by atoms with Gasteiger partial charge in [0, 0.05) is 12.1 Å². The van der Waals surface area contributed by atoms with Gasteiger partial charge in [0.15, 0.2) is 5.17 Å². The Morgan fingerprint density at radius 3 is 2.54 bits per heavy atom. The van der Waals surface area contributed by atoms with Crippen molar-refractivity contribution in [1.82, 2.24) is 5.32 Å². The summed E-state index contributed by atoms with van der Waals surface area (Å²) in [6.07, 6.45) is 1.58. The zero-order chi connectivity index (χ0) is 18.7. The van der Waals surface area contributed by atoms with Gasteiger partial charge in [-0.05, 0) is 47.7 Å². The molecule has 1 heterocycles. The van der Waals surface area contributed by atoms with Crippen molar-refractivity contribution in [3.05, 3.63) is 74.7 Å². The number of hydrogen-bond donors (Lipinski definition) is 2. The Balaban J connectivity index is 1.85. The molecule has 0 unspecified atom stereocenters. The quantitative estimate of drug-likeness (QED) is 0.485. The first-order valence-electron chi connectivity index (χ1n) is 7.30. The number of nitrogens with zero attached hydrogens (tertiary/aromatic N) is 2. The van der Waals surface area contributed by atoms with E-state index in [0.717, 1.165) is 11.8 Å². The number of aliphatic imine (C=N–C) groups is 1. The zero-order valence-corrected chi connectivity index (χ0v) is 13.9. The molecule has 0 bridgehead atoms. The van der Waals surface area contributed by atoms with Gasteiger partial charge in [-0.3, -0.25) is 14.9 Å². The predicted octanol–water partition coefficient (Wildman–Crippen LogP) is 3.18. The normalized spacial score (nSPS) is 16.7. The number of carboxylic acid groups (broad SMARTS) is 1. The Hall–Kier alpha value is -3.46. The first-order chi connectivity index (χ1) is 12.4. The second-order valence-corrected chi connectivity index (χ2v) is 6.18. The minimum Gasteiger partial charge on any atom is -0.478 e. The highest BCUT2D eigenvalue weighted by Crippen LogP contribution is 2.29. The number of nitro benzene ring substituents is 1. The van der Waals surface area contributed by atoms with Gasteiger partial charge >= 0.3 is 5.97 Å². The van der Waals surface area contributed by atoms with E-state index in [1.807, 2.05) is 0 Å². The lowest BCUT2D eigenvalue weighted by Gasteiger charge is -2.00. The highest BCUT2D eigenvalue weighted by Gasteiger charge is 2.24. The number of nitro groups is 1. The lowest BCUT2D eigenvalue weighted by atomic mass is 10.2. The van der Waals surface area contributed by atoms with E-state index in [0.29, 0.717) is 10.5 Å². The number of non-ortho nitro benzene ring substituents is 1. The maximum atomic E-state index is 12.1. The zero-order valence-electron chi connectivity index (χ0n) is 13.1. The van der Waals surface area contributed by atoms with Crippen molar-refractivity contribution < 1.29 is 19.6 Å². The van der Waals surface area contributed by atoms with Gasteiger partial charge in [-0.15, -0.1) is 0 Å². The number of carbonyl (C=O) groups excluding carboxylic acids is 1. The highest BCUT2D eigenvalue weighted by atomic mass is 32.2. The summed E-state index contributed by atoms with van der Waals surface area (Å²) in [5.74, 6) is -1.49. The van der Waals surface area contributed by atoms with E-state index in [9.17, 15) is 24.8 Å². The minimum atomic E-state index is -1.11. The Labute approximate surface area is 151 Å². The first-order valence-corrected chi connectivity index (χ1v) is 8.12. The molecule has 26 heavy (non-hydrogen) atoms. The van der Waals surface area contributed by atoms with Crippen LogP contribution >= 0.6 is 11.8 Å². The molecule has 1 aliphatic rings. The number of hydrogen-bond acceptors (Lipinski definition) is 6. The molecule has 1 amide bonds. The summed E-state index contributed by atoms with van der Waals surface area (Å²) >= 11 is 1.06. The van der Waals surface area contributed by atoms with Crippen molar-refractivity contribution in [1.29, 1.82) is 0 Å². The van der Waals surface area contributed by atoms with Gasteiger partial charge in [-0.25, -0.2) is 9.79 Å². The molecule has 3 rings (SSSR count). The second-order valence-electron chi connectivity index (χ2n) is 5.15. The number of amidine groups is 1. The van der Waals surface area contributed by atoms with Gasteiger partial charge in [0.2, 0.25) is 0 Å². The maximum Gasteiger partial charge on any atom is 0.337 e. The Kier molecular flexibility index (Phi) is 4.81. The Bertz CT molecular complexity index is 967. The maximum absolute atomic E-state index is 12.1. The molecule has 0 saturated carbocycles. The lowest BCUT2D eigenvalue weighted by molar-refractivity contribution is -0.384. The summed E-state index contributed by atoms with van der Waals surface area (Å²) in [5.41, 5.74) is 0.852. The van der Waals surface area contributed by atoms with Gasteiger partial charge in [0.1, 0.15) is 0 Å². The molecule has 8 nitrogen and oxygen atoms in total.